The van der Waals surface area contributed by atoms with Gasteiger partial charge >= 0.3 is 23.2 Å². The Balaban J connectivity index is 1.45. The summed E-state index contributed by atoms with van der Waals surface area (Å²) in [5.74, 6) is -1.07. The molecule has 0 aliphatic carbocycles. The summed E-state index contributed by atoms with van der Waals surface area (Å²) in [7, 11) is 0. The number of hydrogen-bond acceptors (Lipinski definition) is 9. The molecular weight excluding hydrogens is 685 g/mol. The molecule has 2 aromatic heterocycles. The van der Waals surface area contributed by atoms with Gasteiger partial charge in [0.2, 0.25) is 0 Å². The van der Waals surface area contributed by atoms with E-state index in [4.69, 9.17) is 13.7 Å². The number of fused-ring (bicyclic) bond motifs is 1. The SMILES string of the molecule is CCCCCCOC(=O)c1cc(OS(=O)Nc2ccc(C)c(C(=O)NC(C)c3nnc4cc(C(C)(C)C)[nH]n34)c2)cc(C(=O)OCCCCCC)c1. The molecule has 0 saturated heterocycles. The van der Waals surface area contributed by atoms with E-state index in [1.165, 1.54) is 18.2 Å². The van der Waals surface area contributed by atoms with Gasteiger partial charge in [-0.3, -0.25) is 14.6 Å². The van der Waals surface area contributed by atoms with Crippen molar-refractivity contribution in [3.8, 4) is 5.75 Å². The summed E-state index contributed by atoms with van der Waals surface area (Å²) in [5.41, 5.74) is 3.06. The van der Waals surface area contributed by atoms with Crippen LogP contribution in [0.1, 0.15) is 147 Å². The van der Waals surface area contributed by atoms with Gasteiger partial charge < -0.3 is 19.0 Å². The van der Waals surface area contributed by atoms with Crippen molar-refractivity contribution in [1.82, 2.24) is 25.1 Å². The van der Waals surface area contributed by atoms with Crippen LogP contribution in [-0.2, 0) is 26.2 Å². The third-order valence-electron chi connectivity index (χ3n) is 8.46. The van der Waals surface area contributed by atoms with Crippen LogP contribution >= 0.6 is 0 Å². The highest BCUT2D eigenvalue weighted by Crippen LogP contribution is 2.25. The number of esters is 2. The second-order valence-corrected chi connectivity index (χ2v) is 14.8. The molecule has 52 heavy (non-hydrogen) atoms. The van der Waals surface area contributed by atoms with Gasteiger partial charge in [0.25, 0.3) is 5.91 Å². The summed E-state index contributed by atoms with van der Waals surface area (Å²) in [6, 6.07) is 10.5. The Hall–Kier alpha value is -4.72. The molecule has 0 bridgehead atoms. The topological polar surface area (TPSA) is 166 Å². The highest BCUT2D eigenvalue weighted by molar-refractivity contribution is 7.81. The quantitative estimate of drug-likeness (QED) is 0.0646. The van der Waals surface area contributed by atoms with Gasteiger partial charge in [0.15, 0.2) is 11.5 Å². The molecule has 3 N–H and O–H groups in total. The predicted octanol–water partition coefficient (Wildman–Crippen LogP) is 7.70. The van der Waals surface area contributed by atoms with Gasteiger partial charge in [-0.1, -0.05) is 79.2 Å². The number of nitrogens with zero attached hydrogens (tertiary/aromatic N) is 3. The minimum absolute atomic E-state index is 0.00154. The number of unbranched alkanes of at least 4 members (excludes halogenated alkanes) is 6. The van der Waals surface area contributed by atoms with Crippen LogP contribution in [0.4, 0.5) is 5.69 Å². The number of aromatic amines is 1. The Morgan fingerprint density at radius 1 is 0.865 bits per heavy atom. The Labute approximate surface area is 308 Å². The van der Waals surface area contributed by atoms with Crippen molar-refractivity contribution in [2.45, 2.75) is 111 Å². The van der Waals surface area contributed by atoms with Gasteiger partial charge in [-0.15, -0.1) is 10.2 Å². The third kappa shape index (κ3) is 11.1. The van der Waals surface area contributed by atoms with Gasteiger partial charge in [-0.25, -0.2) is 14.1 Å². The molecule has 0 aliphatic rings. The van der Waals surface area contributed by atoms with Gasteiger partial charge in [-0.2, -0.15) is 4.21 Å². The molecule has 13 nitrogen and oxygen atoms in total. The molecule has 4 rings (SSSR count). The van der Waals surface area contributed by atoms with Crippen molar-refractivity contribution in [2.24, 2.45) is 0 Å². The molecule has 1 amide bonds. The van der Waals surface area contributed by atoms with Crippen molar-refractivity contribution in [2.75, 3.05) is 17.9 Å². The minimum atomic E-state index is -2.18. The number of benzene rings is 2. The zero-order valence-electron chi connectivity index (χ0n) is 31.3. The Bertz CT molecular complexity index is 1820. The summed E-state index contributed by atoms with van der Waals surface area (Å²) >= 11 is -2.18. The molecule has 0 saturated carbocycles. The first-order valence-electron chi connectivity index (χ1n) is 18.0. The van der Waals surface area contributed by atoms with Crippen LogP contribution in [0.15, 0.2) is 42.5 Å². The Morgan fingerprint density at radius 2 is 1.48 bits per heavy atom. The Morgan fingerprint density at radius 3 is 2.06 bits per heavy atom. The van der Waals surface area contributed by atoms with E-state index < -0.39 is 29.2 Å². The lowest BCUT2D eigenvalue weighted by Gasteiger charge is -2.16. The lowest BCUT2D eigenvalue weighted by atomic mass is 9.93. The highest BCUT2D eigenvalue weighted by Gasteiger charge is 2.23. The first-order valence-corrected chi connectivity index (χ1v) is 19.1. The summed E-state index contributed by atoms with van der Waals surface area (Å²) in [5, 5.41) is 14.8. The lowest BCUT2D eigenvalue weighted by Crippen LogP contribution is -2.29. The van der Waals surface area contributed by atoms with E-state index in [2.05, 4.69) is 60.0 Å². The molecule has 2 aromatic carbocycles. The molecule has 0 radical (unpaired) electrons. The first-order chi connectivity index (χ1) is 24.8. The third-order valence-corrected chi connectivity index (χ3v) is 9.20. The van der Waals surface area contributed by atoms with Crippen LogP contribution in [0.25, 0.3) is 5.65 Å². The van der Waals surface area contributed by atoms with Crippen molar-refractivity contribution in [3.05, 3.63) is 76.2 Å². The number of carbonyl (C=O) groups is 3. The van der Waals surface area contributed by atoms with Crippen LogP contribution in [-0.4, -0.2) is 55.1 Å². The lowest BCUT2D eigenvalue weighted by molar-refractivity contribution is 0.0495. The molecule has 0 fully saturated rings. The highest BCUT2D eigenvalue weighted by atomic mass is 32.2. The van der Waals surface area contributed by atoms with Gasteiger partial charge in [0.1, 0.15) is 5.75 Å². The van der Waals surface area contributed by atoms with E-state index in [0.29, 0.717) is 28.3 Å². The van der Waals surface area contributed by atoms with E-state index in [-0.39, 0.29) is 41.4 Å². The number of ether oxygens (including phenoxy) is 2. The molecule has 2 heterocycles. The van der Waals surface area contributed by atoms with Gasteiger partial charge in [0, 0.05) is 22.7 Å². The van der Waals surface area contributed by atoms with E-state index >= 15 is 0 Å². The fraction of sp³-hybridized carbons (Fsp3) is 0.500. The fourth-order valence-electron chi connectivity index (χ4n) is 5.37. The van der Waals surface area contributed by atoms with Crippen molar-refractivity contribution in [3.63, 3.8) is 0 Å². The summed E-state index contributed by atoms with van der Waals surface area (Å²) in [6.45, 7) is 14.6. The van der Waals surface area contributed by atoms with Gasteiger partial charge in [-0.05, 0) is 62.6 Å². The van der Waals surface area contributed by atoms with Gasteiger partial charge in [0.05, 0.1) is 36.1 Å². The fourth-order valence-corrected chi connectivity index (χ4v) is 6.01. The second-order valence-electron chi connectivity index (χ2n) is 14.0. The number of hydrogen-bond donors (Lipinski definition) is 3. The average Bonchev–Trinajstić information content (AvgIpc) is 3.70. The van der Waals surface area contributed by atoms with E-state index in [9.17, 15) is 18.6 Å². The number of amides is 1. The zero-order valence-corrected chi connectivity index (χ0v) is 32.1. The minimum Gasteiger partial charge on any atom is -0.462 e. The molecule has 0 spiro atoms. The van der Waals surface area contributed by atoms with Crippen LogP contribution in [0.2, 0.25) is 0 Å². The maximum absolute atomic E-state index is 13.5. The number of nitrogens with one attached hydrogen (secondary N) is 3. The predicted molar refractivity (Wildman–Crippen MR) is 201 cm³/mol. The largest absolute Gasteiger partial charge is 0.462 e. The zero-order chi connectivity index (χ0) is 37.8. The normalized spacial score (nSPS) is 12.7. The van der Waals surface area contributed by atoms with Crippen molar-refractivity contribution >= 4 is 40.4 Å². The Kier molecular flexibility index (Phi) is 14.4. The van der Waals surface area contributed by atoms with Crippen LogP contribution in [0, 0.1) is 6.92 Å². The molecule has 282 valence electrons. The first kappa shape index (κ1) is 40.1. The van der Waals surface area contributed by atoms with E-state index in [1.807, 2.05) is 13.0 Å². The van der Waals surface area contributed by atoms with Crippen LogP contribution in [0.3, 0.4) is 0 Å². The number of H-pyrrole nitrogens is 1. The van der Waals surface area contributed by atoms with Crippen LogP contribution < -0.4 is 14.2 Å². The average molecular weight is 737 g/mol. The van der Waals surface area contributed by atoms with E-state index in [1.54, 1.807) is 29.6 Å². The smallest absolute Gasteiger partial charge is 0.338 e. The number of aromatic nitrogens is 4. The standard InChI is InChI=1S/C38H52N6O7S/c1-8-10-12-14-18-49-36(46)27-20-28(37(47)50-19-15-13-11-9-2)22-30(21-27)51-52(48)43-29-17-16-25(3)31(23-29)35(45)39-26(4)34-41-40-33-24-32(38(5,6)7)42-44(33)34/h16-17,20-24,26,42-43H,8-15,18-19H2,1-7H3,(H,39,45). The summed E-state index contributed by atoms with van der Waals surface area (Å²) in [6.07, 6.45) is 7.51. The number of anilines is 1. The monoisotopic (exact) mass is 736 g/mol. The molecule has 2 atom stereocenters. The molecular formula is C38H52N6O7S. The second kappa shape index (κ2) is 18.7. The van der Waals surface area contributed by atoms with Crippen molar-refractivity contribution in [1.29, 1.82) is 0 Å². The molecule has 0 aliphatic heterocycles. The number of carbonyl (C=O) groups excluding carboxylic acids is 3. The molecule has 14 heteroatoms. The number of aryl methyl sites for hydroxylation is 1. The van der Waals surface area contributed by atoms with Crippen molar-refractivity contribution < 1.29 is 32.2 Å². The number of rotatable bonds is 19. The van der Waals surface area contributed by atoms with E-state index in [0.717, 1.165) is 57.1 Å². The summed E-state index contributed by atoms with van der Waals surface area (Å²) in [4.78, 5) is 39.3. The van der Waals surface area contributed by atoms with Crippen LogP contribution in [0.5, 0.6) is 5.75 Å². The summed E-state index contributed by atoms with van der Waals surface area (Å²) < 4.78 is 34.2. The maximum Gasteiger partial charge on any atom is 0.338 e. The molecule has 4 aromatic rings. The molecule has 2 unspecified atom stereocenters. The maximum atomic E-state index is 13.5.